The van der Waals surface area contributed by atoms with Crippen molar-refractivity contribution in [3.8, 4) is 5.75 Å². The van der Waals surface area contributed by atoms with Crippen LogP contribution in [0.15, 0.2) is 18.2 Å². The first-order valence-corrected chi connectivity index (χ1v) is 5.36. The number of hydrogen-bond donors (Lipinski definition) is 1. The van der Waals surface area contributed by atoms with Crippen molar-refractivity contribution in [2.45, 2.75) is 25.4 Å². The molecule has 0 aliphatic carbocycles. The van der Waals surface area contributed by atoms with Gasteiger partial charge in [0.05, 0.1) is 12.7 Å². The average molecular weight is 247 g/mol. The molecule has 17 heavy (non-hydrogen) atoms. The lowest BCUT2D eigenvalue weighted by molar-refractivity contribution is -0.138. The van der Waals surface area contributed by atoms with Crippen LogP contribution in [0.4, 0.5) is 13.2 Å². The highest BCUT2D eigenvalue weighted by atomic mass is 19.4. The maximum atomic E-state index is 12.8. The van der Waals surface area contributed by atoms with E-state index in [0.29, 0.717) is 18.5 Å². The molecule has 1 aromatic carbocycles. The highest BCUT2D eigenvalue weighted by Gasteiger charge is 2.35. The van der Waals surface area contributed by atoms with Crippen molar-refractivity contribution in [2.75, 3.05) is 13.7 Å². The second-order valence-electron chi connectivity index (χ2n) is 3.90. The molecule has 0 aliphatic heterocycles. The van der Waals surface area contributed by atoms with Crippen LogP contribution in [-0.4, -0.2) is 13.7 Å². The summed E-state index contributed by atoms with van der Waals surface area (Å²) < 4.78 is 43.2. The molecule has 0 saturated heterocycles. The molecule has 0 aromatic heterocycles. The molecule has 0 aliphatic rings. The summed E-state index contributed by atoms with van der Waals surface area (Å²) in [7, 11) is 1.25. The molecule has 5 heteroatoms. The highest BCUT2D eigenvalue weighted by molar-refractivity contribution is 5.45. The van der Waals surface area contributed by atoms with Gasteiger partial charge in [-0.2, -0.15) is 13.2 Å². The Labute approximate surface area is 98.6 Å². The van der Waals surface area contributed by atoms with Crippen LogP contribution in [0.25, 0.3) is 0 Å². The number of hydrogen-bond acceptors (Lipinski definition) is 2. The number of para-hydroxylation sites is 1. The monoisotopic (exact) mass is 247 g/mol. The minimum absolute atomic E-state index is 0.0581. The van der Waals surface area contributed by atoms with Gasteiger partial charge in [-0.15, -0.1) is 0 Å². The fraction of sp³-hybridized carbons (Fsp3) is 0.500. The van der Waals surface area contributed by atoms with Gasteiger partial charge in [0.15, 0.2) is 0 Å². The van der Waals surface area contributed by atoms with E-state index in [9.17, 15) is 13.2 Å². The maximum Gasteiger partial charge on any atom is 0.419 e. The van der Waals surface area contributed by atoms with Crippen LogP contribution >= 0.6 is 0 Å². The fourth-order valence-corrected chi connectivity index (χ4v) is 1.80. The van der Waals surface area contributed by atoms with Crippen LogP contribution in [0.1, 0.15) is 30.4 Å². The van der Waals surface area contributed by atoms with Crippen LogP contribution in [0.2, 0.25) is 0 Å². The lowest BCUT2D eigenvalue weighted by Gasteiger charge is -2.19. The van der Waals surface area contributed by atoms with E-state index in [1.807, 2.05) is 6.92 Å². The molecule has 0 heterocycles. The molecule has 1 unspecified atom stereocenters. The Bertz CT molecular complexity index is 377. The van der Waals surface area contributed by atoms with Crippen molar-refractivity contribution in [1.82, 2.24) is 0 Å². The van der Waals surface area contributed by atoms with Crippen LogP contribution in [0, 0.1) is 0 Å². The summed E-state index contributed by atoms with van der Waals surface area (Å²) in [5.41, 5.74) is 5.23. The van der Waals surface area contributed by atoms with Crippen molar-refractivity contribution in [3.05, 3.63) is 29.3 Å². The number of halogens is 3. The number of rotatable bonds is 4. The normalized spacial score (nSPS) is 13.5. The molecule has 2 nitrogen and oxygen atoms in total. The van der Waals surface area contributed by atoms with E-state index < -0.39 is 11.7 Å². The van der Waals surface area contributed by atoms with Crippen molar-refractivity contribution >= 4 is 0 Å². The van der Waals surface area contributed by atoms with Crippen LogP contribution < -0.4 is 10.5 Å². The van der Waals surface area contributed by atoms with Crippen molar-refractivity contribution < 1.29 is 17.9 Å². The van der Waals surface area contributed by atoms with Gasteiger partial charge in [-0.1, -0.05) is 19.1 Å². The van der Waals surface area contributed by atoms with Gasteiger partial charge in [0, 0.05) is 0 Å². The standard InChI is InChI=1S/C12H16F3NO/c1-8(6-7-16)9-4-3-5-10(11(9)17-2)12(13,14)15/h3-5,8H,6-7,16H2,1-2H3. The molecule has 0 radical (unpaired) electrons. The van der Waals surface area contributed by atoms with Gasteiger partial charge in [-0.3, -0.25) is 0 Å². The predicted molar refractivity (Wildman–Crippen MR) is 60.1 cm³/mol. The first-order chi connectivity index (χ1) is 7.91. The van der Waals surface area contributed by atoms with Gasteiger partial charge >= 0.3 is 6.18 Å². The third-order valence-electron chi connectivity index (χ3n) is 2.69. The summed E-state index contributed by atoms with van der Waals surface area (Å²) in [5, 5.41) is 0. The zero-order chi connectivity index (χ0) is 13.1. The van der Waals surface area contributed by atoms with Crippen LogP contribution in [-0.2, 0) is 6.18 Å². The predicted octanol–water partition coefficient (Wildman–Crippen LogP) is 3.17. The highest BCUT2D eigenvalue weighted by Crippen LogP contribution is 2.40. The van der Waals surface area contributed by atoms with E-state index in [0.717, 1.165) is 6.07 Å². The van der Waals surface area contributed by atoms with E-state index in [1.165, 1.54) is 13.2 Å². The van der Waals surface area contributed by atoms with Crippen molar-refractivity contribution in [2.24, 2.45) is 5.73 Å². The van der Waals surface area contributed by atoms with E-state index in [4.69, 9.17) is 10.5 Å². The Morgan fingerprint density at radius 1 is 1.35 bits per heavy atom. The van der Waals surface area contributed by atoms with Crippen LogP contribution in [0.3, 0.4) is 0 Å². The zero-order valence-electron chi connectivity index (χ0n) is 9.84. The first kappa shape index (κ1) is 13.8. The summed E-state index contributed by atoms with van der Waals surface area (Å²) in [6, 6.07) is 4.07. The second-order valence-corrected chi connectivity index (χ2v) is 3.90. The lowest BCUT2D eigenvalue weighted by atomic mass is 9.94. The van der Waals surface area contributed by atoms with E-state index in [-0.39, 0.29) is 11.7 Å². The number of alkyl halides is 3. The average Bonchev–Trinajstić information content (AvgIpc) is 2.27. The summed E-state index contributed by atoms with van der Waals surface area (Å²) in [6.07, 6.45) is -3.78. The number of ether oxygens (including phenoxy) is 1. The topological polar surface area (TPSA) is 35.2 Å². The Balaban J connectivity index is 3.23. The summed E-state index contributed by atoms with van der Waals surface area (Å²) in [5.74, 6) is -0.154. The second kappa shape index (κ2) is 5.40. The van der Waals surface area contributed by atoms with Gasteiger partial charge in [-0.25, -0.2) is 0 Å². The molecule has 0 amide bonds. The number of methoxy groups -OCH3 is 1. The van der Waals surface area contributed by atoms with Gasteiger partial charge < -0.3 is 10.5 Å². The molecule has 0 fully saturated rings. The van der Waals surface area contributed by atoms with Gasteiger partial charge in [0.2, 0.25) is 0 Å². The van der Waals surface area contributed by atoms with E-state index in [2.05, 4.69) is 0 Å². The first-order valence-electron chi connectivity index (χ1n) is 5.36. The minimum atomic E-state index is -4.40. The van der Waals surface area contributed by atoms with E-state index in [1.54, 1.807) is 6.07 Å². The Kier molecular flexibility index (Phi) is 4.40. The molecule has 0 saturated carbocycles. The SMILES string of the molecule is COc1c(C(C)CCN)cccc1C(F)(F)F. The Morgan fingerprint density at radius 2 is 2.00 bits per heavy atom. The number of benzene rings is 1. The van der Waals surface area contributed by atoms with Gasteiger partial charge in [-0.05, 0) is 30.5 Å². The summed E-state index contributed by atoms with van der Waals surface area (Å²) >= 11 is 0. The molecule has 0 spiro atoms. The fourth-order valence-electron chi connectivity index (χ4n) is 1.80. The molecule has 2 N–H and O–H groups in total. The molecule has 1 aromatic rings. The largest absolute Gasteiger partial charge is 0.496 e. The zero-order valence-corrected chi connectivity index (χ0v) is 9.84. The smallest absolute Gasteiger partial charge is 0.419 e. The molecular formula is C12H16F3NO. The third-order valence-corrected chi connectivity index (χ3v) is 2.69. The van der Waals surface area contributed by atoms with E-state index >= 15 is 0 Å². The minimum Gasteiger partial charge on any atom is -0.496 e. The molecule has 1 atom stereocenters. The molecular weight excluding hydrogens is 231 g/mol. The molecule has 1 rings (SSSR count). The van der Waals surface area contributed by atoms with Crippen molar-refractivity contribution in [3.63, 3.8) is 0 Å². The quantitative estimate of drug-likeness (QED) is 0.887. The molecule has 96 valence electrons. The third kappa shape index (κ3) is 3.12. The molecule has 0 bridgehead atoms. The Hall–Kier alpha value is -1.23. The van der Waals surface area contributed by atoms with Gasteiger partial charge in [0.25, 0.3) is 0 Å². The number of nitrogens with two attached hydrogens (primary N) is 1. The van der Waals surface area contributed by atoms with Crippen LogP contribution in [0.5, 0.6) is 5.75 Å². The summed E-state index contributed by atoms with van der Waals surface area (Å²) in [4.78, 5) is 0. The summed E-state index contributed by atoms with van der Waals surface area (Å²) in [6.45, 7) is 2.27. The lowest BCUT2D eigenvalue weighted by Crippen LogP contribution is -2.11. The van der Waals surface area contributed by atoms with Crippen molar-refractivity contribution in [1.29, 1.82) is 0 Å². The Morgan fingerprint density at radius 3 is 2.47 bits per heavy atom. The van der Waals surface area contributed by atoms with Gasteiger partial charge in [0.1, 0.15) is 5.75 Å². The maximum absolute atomic E-state index is 12.8.